The Bertz CT molecular complexity index is 1350. The van der Waals surface area contributed by atoms with E-state index in [4.69, 9.17) is 27.9 Å². The SMILES string of the molecule is O=C1N(CCN(CCOc2ccc(-c3ccc(Cl)cc3)cc2)Cc2ccc(Cl)cc2)CCN1c1ccncc1. The Morgan fingerprint density at radius 1 is 0.769 bits per heavy atom. The van der Waals surface area contributed by atoms with E-state index in [0.717, 1.165) is 57.8 Å². The molecule has 0 spiro atoms. The number of hydrogen-bond acceptors (Lipinski definition) is 4. The average molecular weight is 562 g/mol. The molecule has 5 rings (SSSR count). The number of rotatable bonds is 11. The molecule has 1 aliphatic rings. The van der Waals surface area contributed by atoms with E-state index in [2.05, 4.69) is 22.0 Å². The van der Waals surface area contributed by atoms with Gasteiger partial charge in [0.15, 0.2) is 0 Å². The maximum absolute atomic E-state index is 13.0. The van der Waals surface area contributed by atoms with Crippen molar-refractivity contribution in [1.29, 1.82) is 0 Å². The van der Waals surface area contributed by atoms with Gasteiger partial charge in [0, 0.05) is 67.4 Å². The lowest BCUT2D eigenvalue weighted by Gasteiger charge is -2.26. The van der Waals surface area contributed by atoms with Crippen LogP contribution in [0.1, 0.15) is 5.56 Å². The van der Waals surface area contributed by atoms with Crippen LogP contribution in [0.2, 0.25) is 10.0 Å². The van der Waals surface area contributed by atoms with E-state index < -0.39 is 0 Å². The zero-order valence-electron chi connectivity index (χ0n) is 21.5. The molecule has 0 N–H and O–H groups in total. The van der Waals surface area contributed by atoms with Crippen LogP contribution in [0.5, 0.6) is 5.75 Å². The lowest BCUT2D eigenvalue weighted by atomic mass is 10.1. The summed E-state index contributed by atoms with van der Waals surface area (Å²) < 4.78 is 6.09. The summed E-state index contributed by atoms with van der Waals surface area (Å²) in [6.07, 6.45) is 3.43. The summed E-state index contributed by atoms with van der Waals surface area (Å²) in [5.41, 5.74) is 4.27. The monoisotopic (exact) mass is 560 g/mol. The Balaban J connectivity index is 1.17. The third kappa shape index (κ3) is 7.30. The summed E-state index contributed by atoms with van der Waals surface area (Å²) >= 11 is 12.1. The number of halogens is 2. The number of anilines is 1. The number of carbonyl (C=O) groups is 1. The summed E-state index contributed by atoms with van der Waals surface area (Å²) in [5, 5.41) is 1.44. The molecule has 1 fully saturated rings. The van der Waals surface area contributed by atoms with E-state index in [1.165, 1.54) is 0 Å². The molecule has 1 saturated heterocycles. The second-order valence-corrected chi connectivity index (χ2v) is 10.3. The molecular formula is C31H30Cl2N4O2. The largest absolute Gasteiger partial charge is 0.492 e. The number of carbonyl (C=O) groups excluding carboxylic acids is 1. The van der Waals surface area contributed by atoms with E-state index in [9.17, 15) is 4.79 Å². The van der Waals surface area contributed by atoms with Crippen LogP contribution >= 0.6 is 23.2 Å². The summed E-state index contributed by atoms with van der Waals surface area (Å²) in [4.78, 5) is 23.1. The van der Waals surface area contributed by atoms with Crippen LogP contribution in [0.3, 0.4) is 0 Å². The van der Waals surface area contributed by atoms with Gasteiger partial charge in [-0.1, -0.05) is 59.6 Å². The van der Waals surface area contributed by atoms with Crippen LogP contribution in [-0.2, 0) is 6.54 Å². The van der Waals surface area contributed by atoms with Crippen LogP contribution in [0.15, 0.2) is 97.3 Å². The highest BCUT2D eigenvalue weighted by Gasteiger charge is 2.29. The third-order valence-corrected chi connectivity index (χ3v) is 7.29. The van der Waals surface area contributed by atoms with Gasteiger partial charge >= 0.3 is 6.03 Å². The first-order valence-corrected chi connectivity index (χ1v) is 13.7. The van der Waals surface area contributed by atoms with Crippen molar-refractivity contribution in [3.63, 3.8) is 0 Å². The van der Waals surface area contributed by atoms with Gasteiger partial charge in [-0.05, 0) is 65.2 Å². The molecule has 1 aromatic heterocycles. The number of aromatic nitrogens is 1. The van der Waals surface area contributed by atoms with Crippen molar-refractivity contribution in [3.8, 4) is 16.9 Å². The zero-order chi connectivity index (χ0) is 27.0. The van der Waals surface area contributed by atoms with Crippen LogP contribution in [0.4, 0.5) is 10.5 Å². The molecule has 8 heteroatoms. The molecular weight excluding hydrogens is 531 g/mol. The average Bonchev–Trinajstić information content (AvgIpc) is 3.34. The number of ether oxygens (including phenoxy) is 1. The Hall–Kier alpha value is -3.58. The van der Waals surface area contributed by atoms with E-state index >= 15 is 0 Å². The Morgan fingerprint density at radius 2 is 1.38 bits per heavy atom. The lowest BCUT2D eigenvalue weighted by molar-refractivity contribution is 0.179. The van der Waals surface area contributed by atoms with E-state index in [-0.39, 0.29) is 6.03 Å². The topological polar surface area (TPSA) is 48.9 Å². The predicted octanol–water partition coefficient (Wildman–Crippen LogP) is 6.88. The molecule has 0 saturated carbocycles. The van der Waals surface area contributed by atoms with Crippen molar-refractivity contribution < 1.29 is 9.53 Å². The number of benzene rings is 3. The fourth-order valence-electron chi connectivity index (χ4n) is 4.61. The standard InChI is InChI=1S/C31H30Cl2N4O2/c32-27-7-1-24(2-8-27)23-35(17-18-36-19-20-37(31(36)38)29-13-15-34-16-14-29)21-22-39-30-11-5-26(6-12-30)25-3-9-28(33)10-4-25/h1-16H,17-23H2. The molecule has 1 aliphatic heterocycles. The normalized spacial score (nSPS) is 13.4. The molecule has 39 heavy (non-hydrogen) atoms. The van der Waals surface area contributed by atoms with E-state index in [0.29, 0.717) is 26.2 Å². The molecule has 0 radical (unpaired) electrons. The third-order valence-electron chi connectivity index (χ3n) is 6.78. The second kappa shape index (κ2) is 13.0. The maximum Gasteiger partial charge on any atom is 0.324 e. The van der Waals surface area contributed by atoms with Gasteiger partial charge in [0.05, 0.1) is 0 Å². The van der Waals surface area contributed by atoms with E-state index in [1.54, 1.807) is 12.4 Å². The van der Waals surface area contributed by atoms with Gasteiger partial charge in [-0.25, -0.2) is 4.79 Å². The molecule has 2 heterocycles. The van der Waals surface area contributed by atoms with Gasteiger partial charge in [0.25, 0.3) is 0 Å². The second-order valence-electron chi connectivity index (χ2n) is 9.41. The number of pyridine rings is 1. The molecule has 6 nitrogen and oxygen atoms in total. The highest BCUT2D eigenvalue weighted by Crippen LogP contribution is 2.24. The van der Waals surface area contributed by atoms with Crippen molar-refractivity contribution >= 4 is 34.9 Å². The van der Waals surface area contributed by atoms with Gasteiger partial charge in [0.1, 0.15) is 12.4 Å². The minimum absolute atomic E-state index is 0.0321. The summed E-state index contributed by atoms with van der Waals surface area (Å²) in [6.45, 7) is 4.75. The molecule has 4 aromatic rings. The van der Waals surface area contributed by atoms with Gasteiger partial charge < -0.3 is 9.64 Å². The van der Waals surface area contributed by atoms with Crippen LogP contribution in [0.25, 0.3) is 11.1 Å². The Kier molecular flexibility index (Phi) is 8.99. The van der Waals surface area contributed by atoms with E-state index in [1.807, 2.05) is 82.6 Å². The summed E-state index contributed by atoms with van der Waals surface area (Å²) in [7, 11) is 0. The molecule has 0 atom stereocenters. The fraction of sp³-hybridized carbons (Fsp3) is 0.226. The molecule has 3 aromatic carbocycles. The van der Waals surface area contributed by atoms with Gasteiger partial charge in [-0.2, -0.15) is 0 Å². The fourth-order valence-corrected chi connectivity index (χ4v) is 4.86. The van der Waals surface area contributed by atoms with Crippen LogP contribution < -0.4 is 9.64 Å². The van der Waals surface area contributed by atoms with Crippen molar-refractivity contribution in [2.45, 2.75) is 6.54 Å². The quantitative estimate of drug-likeness (QED) is 0.200. The smallest absolute Gasteiger partial charge is 0.324 e. The molecule has 0 aliphatic carbocycles. The van der Waals surface area contributed by atoms with Gasteiger partial charge in [-0.3, -0.25) is 14.8 Å². The van der Waals surface area contributed by atoms with Crippen LogP contribution in [0, 0.1) is 0 Å². The van der Waals surface area contributed by atoms with Crippen molar-refractivity contribution in [3.05, 3.63) is 113 Å². The molecule has 2 amide bonds. The number of urea groups is 1. The number of hydrogen-bond donors (Lipinski definition) is 0. The van der Waals surface area contributed by atoms with Crippen molar-refractivity contribution in [2.75, 3.05) is 44.2 Å². The molecule has 0 bridgehead atoms. The first kappa shape index (κ1) is 27.0. The highest BCUT2D eigenvalue weighted by molar-refractivity contribution is 6.30. The number of amides is 2. The summed E-state index contributed by atoms with van der Waals surface area (Å²) in [5.74, 6) is 0.821. The summed E-state index contributed by atoms with van der Waals surface area (Å²) in [6, 6.07) is 27.5. The van der Waals surface area contributed by atoms with Gasteiger partial charge in [0.2, 0.25) is 0 Å². The Labute approximate surface area is 239 Å². The predicted molar refractivity (Wildman–Crippen MR) is 158 cm³/mol. The van der Waals surface area contributed by atoms with Gasteiger partial charge in [-0.15, -0.1) is 0 Å². The molecule has 200 valence electrons. The lowest BCUT2D eigenvalue weighted by Crippen LogP contribution is -2.39. The molecule has 0 unspecified atom stereocenters. The first-order chi connectivity index (χ1) is 19.0. The van der Waals surface area contributed by atoms with Crippen molar-refractivity contribution in [1.82, 2.24) is 14.8 Å². The highest BCUT2D eigenvalue weighted by atomic mass is 35.5. The Morgan fingerprint density at radius 3 is 2.05 bits per heavy atom. The van der Waals surface area contributed by atoms with Crippen molar-refractivity contribution in [2.24, 2.45) is 0 Å². The zero-order valence-corrected chi connectivity index (χ0v) is 23.1. The maximum atomic E-state index is 13.0. The minimum atomic E-state index is 0.0321. The first-order valence-electron chi connectivity index (χ1n) is 13.0. The number of nitrogens with zero attached hydrogens (tertiary/aromatic N) is 4. The van der Waals surface area contributed by atoms with Crippen LogP contribution in [-0.4, -0.2) is 60.1 Å². The minimum Gasteiger partial charge on any atom is -0.492 e.